The second-order valence-electron chi connectivity index (χ2n) is 5.45. The van der Waals surface area contributed by atoms with Gasteiger partial charge in [-0.1, -0.05) is 35.3 Å². The van der Waals surface area contributed by atoms with Gasteiger partial charge in [0.15, 0.2) is 0 Å². The minimum absolute atomic E-state index is 0.0401. The van der Waals surface area contributed by atoms with Gasteiger partial charge in [-0.25, -0.2) is 0 Å². The van der Waals surface area contributed by atoms with Gasteiger partial charge in [-0.2, -0.15) is 0 Å². The Bertz CT molecular complexity index is 442. The molecule has 0 radical (unpaired) electrons. The number of hydrogen-bond donors (Lipinski definition) is 1. The summed E-state index contributed by atoms with van der Waals surface area (Å²) in [5.41, 5.74) is 0.729. The minimum Gasteiger partial charge on any atom is -0.349 e. The van der Waals surface area contributed by atoms with Crippen LogP contribution in [0.25, 0.3) is 0 Å². The van der Waals surface area contributed by atoms with E-state index in [1.165, 1.54) is 19.4 Å². The molecule has 0 aliphatic carbocycles. The van der Waals surface area contributed by atoms with E-state index < -0.39 is 0 Å². The van der Waals surface area contributed by atoms with Crippen molar-refractivity contribution in [1.29, 1.82) is 0 Å². The number of amides is 1. The zero-order valence-electron chi connectivity index (χ0n) is 12.1. The Morgan fingerprint density at radius 1 is 1.40 bits per heavy atom. The number of hydrogen-bond acceptors (Lipinski definition) is 2. The molecule has 0 saturated carbocycles. The monoisotopic (exact) mass is 338 g/mol. The number of piperidine rings is 1. The third kappa shape index (κ3) is 4.60. The molecule has 0 bridgehead atoms. The molecule has 2 rings (SSSR count). The first-order valence-electron chi connectivity index (χ1n) is 7.48. The van der Waals surface area contributed by atoms with Crippen LogP contribution in [0.4, 0.5) is 0 Å². The summed E-state index contributed by atoms with van der Waals surface area (Å²) in [6, 6.07) is 7.87. The van der Waals surface area contributed by atoms with Gasteiger partial charge < -0.3 is 10.2 Å². The summed E-state index contributed by atoms with van der Waals surface area (Å²) in [5, 5.41) is 3.15. The van der Waals surface area contributed by atoms with Gasteiger partial charge in [0, 0.05) is 29.2 Å². The van der Waals surface area contributed by atoms with Crippen molar-refractivity contribution in [2.75, 3.05) is 19.6 Å². The van der Waals surface area contributed by atoms with Gasteiger partial charge in [0.2, 0.25) is 0 Å². The lowest BCUT2D eigenvalue weighted by molar-refractivity contribution is 0.0910. The predicted molar refractivity (Wildman–Crippen MR) is 86.0 cm³/mol. The Hall–Kier alpha value is -0.870. The van der Waals surface area contributed by atoms with Crippen molar-refractivity contribution in [2.45, 2.75) is 38.6 Å². The third-order valence-corrected chi connectivity index (χ3v) is 4.33. The molecule has 1 aromatic rings. The van der Waals surface area contributed by atoms with Crippen LogP contribution < -0.4 is 5.32 Å². The second kappa shape index (κ2) is 7.79. The lowest BCUT2D eigenvalue weighted by Crippen LogP contribution is -2.44. The molecule has 20 heavy (non-hydrogen) atoms. The van der Waals surface area contributed by atoms with Crippen molar-refractivity contribution in [3.05, 3.63) is 34.3 Å². The molecule has 1 saturated heterocycles. The fourth-order valence-corrected chi connectivity index (χ4v) is 2.98. The summed E-state index contributed by atoms with van der Waals surface area (Å²) in [6.07, 6.45) is 4.64. The molecule has 4 heteroatoms. The molecule has 1 N–H and O–H groups in total. The van der Waals surface area contributed by atoms with Crippen molar-refractivity contribution in [3.8, 4) is 0 Å². The summed E-state index contributed by atoms with van der Waals surface area (Å²) in [5.74, 6) is 0.0401. The number of rotatable bonds is 5. The second-order valence-corrected chi connectivity index (χ2v) is 6.37. The highest BCUT2D eigenvalue weighted by atomic mass is 79.9. The molecule has 1 aliphatic heterocycles. The first kappa shape index (κ1) is 15.5. The highest BCUT2D eigenvalue weighted by Crippen LogP contribution is 2.14. The number of halogens is 1. The summed E-state index contributed by atoms with van der Waals surface area (Å²) >= 11 is 3.40. The number of carbonyl (C=O) groups excluding carboxylic acids is 1. The van der Waals surface area contributed by atoms with Gasteiger partial charge in [-0.15, -0.1) is 0 Å². The van der Waals surface area contributed by atoms with Crippen molar-refractivity contribution in [3.63, 3.8) is 0 Å². The average Bonchev–Trinajstić information content (AvgIpc) is 2.46. The van der Waals surface area contributed by atoms with Crippen LogP contribution in [-0.4, -0.2) is 36.5 Å². The van der Waals surface area contributed by atoms with Gasteiger partial charge in [0.25, 0.3) is 5.91 Å². The normalized spacial score (nSPS) is 17.1. The maximum atomic E-state index is 12.2. The number of carbonyl (C=O) groups is 1. The number of nitrogens with zero attached hydrogens (tertiary/aromatic N) is 1. The molecule has 0 atom stereocenters. The molecule has 3 nitrogen and oxygen atoms in total. The van der Waals surface area contributed by atoms with E-state index in [0.29, 0.717) is 6.04 Å². The van der Waals surface area contributed by atoms with Crippen LogP contribution in [0, 0.1) is 0 Å². The maximum Gasteiger partial charge on any atom is 0.251 e. The zero-order chi connectivity index (χ0) is 14.4. The molecule has 1 heterocycles. The topological polar surface area (TPSA) is 32.3 Å². The first-order chi connectivity index (χ1) is 9.69. The van der Waals surface area contributed by atoms with Crippen LogP contribution in [0.2, 0.25) is 0 Å². The Kier molecular flexibility index (Phi) is 6.05. The lowest BCUT2D eigenvalue weighted by Gasteiger charge is -2.32. The molecule has 0 spiro atoms. The standard InChI is InChI=1S/C16H23BrN2O/c1-2-3-9-19-10-7-15(8-11-19)18-16(20)13-5-4-6-14(17)12-13/h4-6,12,15H,2-3,7-11H2,1H3,(H,18,20). The number of benzene rings is 1. The quantitative estimate of drug-likeness (QED) is 0.891. The first-order valence-corrected chi connectivity index (χ1v) is 8.27. The Balaban J connectivity index is 1.79. The van der Waals surface area contributed by atoms with Gasteiger partial charge >= 0.3 is 0 Å². The summed E-state index contributed by atoms with van der Waals surface area (Å²) in [6.45, 7) is 5.63. The molecule has 0 unspecified atom stereocenters. The maximum absolute atomic E-state index is 12.2. The Morgan fingerprint density at radius 3 is 2.80 bits per heavy atom. The number of likely N-dealkylation sites (tertiary alicyclic amines) is 1. The van der Waals surface area contributed by atoms with E-state index in [-0.39, 0.29) is 5.91 Å². The lowest BCUT2D eigenvalue weighted by atomic mass is 10.0. The van der Waals surface area contributed by atoms with E-state index in [2.05, 4.69) is 33.1 Å². The molecular formula is C16H23BrN2O. The zero-order valence-corrected chi connectivity index (χ0v) is 13.7. The van der Waals surface area contributed by atoms with Crippen LogP contribution in [0.1, 0.15) is 43.0 Å². The van der Waals surface area contributed by atoms with E-state index in [4.69, 9.17) is 0 Å². The largest absolute Gasteiger partial charge is 0.349 e. The van der Waals surface area contributed by atoms with E-state index in [1.807, 2.05) is 24.3 Å². The van der Waals surface area contributed by atoms with Gasteiger partial charge in [0.05, 0.1) is 0 Å². The van der Waals surface area contributed by atoms with Crippen molar-refractivity contribution < 1.29 is 4.79 Å². The number of unbranched alkanes of at least 4 members (excludes halogenated alkanes) is 1. The minimum atomic E-state index is 0.0401. The van der Waals surface area contributed by atoms with Crippen LogP contribution in [0.5, 0.6) is 0 Å². The van der Waals surface area contributed by atoms with Crippen LogP contribution in [0.15, 0.2) is 28.7 Å². The Morgan fingerprint density at radius 2 is 2.15 bits per heavy atom. The highest BCUT2D eigenvalue weighted by Gasteiger charge is 2.20. The van der Waals surface area contributed by atoms with Crippen LogP contribution in [0.3, 0.4) is 0 Å². The molecule has 110 valence electrons. The average molecular weight is 339 g/mol. The van der Waals surface area contributed by atoms with Gasteiger partial charge in [0.1, 0.15) is 0 Å². The van der Waals surface area contributed by atoms with E-state index in [9.17, 15) is 4.79 Å². The molecule has 1 fully saturated rings. The predicted octanol–water partition coefficient (Wildman–Crippen LogP) is 3.44. The van der Waals surface area contributed by atoms with E-state index in [0.717, 1.165) is 36.0 Å². The van der Waals surface area contributed by atoms with Gasteiger partial charge in [-0.05, 0) is 44.0 Å². The van der Waals surface area contributed by atoms with E-state index >= 15 is 0 Å². The SMILES string of the molecule is CCCCN1CCC(NC(=O)c2cccc(Br)c2)CC1. The summed E-state index contributed by atoms with van der Waals surface area (Å²) in [4.78, 5) is 14.7. The van der Waals surface area contributed by atoms with Crippen LogP contribution >= 0.6 is 15.9 Å². The number of nitrogens with one attached hydrogen (secondary N) is 1. The molecular weight excluding hydrogens is 316 g/mol. The molecule has 1 amide bonds. The Labute approximate surface area is 129 Å². The fraction of sp³-hybridized carbons (Fsp3) is 0.562. The van der Waals surface area contributed by atoms with Gasteiger partial charge in [-0.3, -0.25) is 4.79 Å². The smallest absolute Gasteiger partial charge is 0.251 e. The molecule has 1 aliphatic rings. The fourth-order valence-electron chi connectivity index (χ4n) is 2.58. The van der Waals surface area contributed by atoms with Crippen molar-refractivity contribution >= 4 is 21.8 Å². The van der Waals surface area contributed by atoms with Crippen molar-refractivity contribution in [2.24, 2.45) is 0 Å². The van der Waals surface area contributed by atoms with Crippen LogP contribution in [-0.2, 0) is 0 Å². The van der Waals surface area contributed by atoms with Crippen molar-refractivity contribution in [1.82, 2.24) is 10.2 Å². The third-order valence-electron chi connectivity index (χ3n) is 3.84. The highest BCUT2D eigenvalue weighted by molar-refractivity contribution is 9.10. The summed E-state index contributed by atoms with van der Waals surface area (Å²) < 4.78 is 0.944. The van der Waals surface area contributed by atoms with E-state index in [1.54, 1.807) is 0 Å². The molecule has 0 aromatic heterocycles. The molecule has 1 aromatic carbocycles. The summed E-state index contributed by atoms with van der Waals surface area (Å²) in [7, 11) is 0.